The number of hydrogen-bond acceptors (Lipinski definition) is 4. The molecule has 1 aromatic heterocycles. The molecule has 0 spiro atoms. The van der Waals surface area contributed by atoms with Gasteiger partial charge in [0.15, 0.2) is 0 Å². The van der Waals surface area contributed by atoms with Crippen LogP contribution < -0.4 is 4.31 Å². The number of carbonyl (C=O) groups excluding carboxylic acids is 1. The highest BCUT2D eigenvalue weighted by molar-refractivity contribution is 7.93. The van der Waals surface area contributed by atoms with Crippen molar-refractivity contribution in [3.05, 3.63) is 89.2 Å². The van der Waals surface area contributed by atoms with Crippen molar-refractivity contribution >= 4 is 33.2 Å². The summed E-state index contributed by atoms with van der Waals surface area (Å²) in [6.45, 7) is 0.441. The molecular formula is C23H19ClF3N3O3S. The van der Waals surface area contributed by atoms with Crippen molar-refractivity contribution in [1.29, 1.82) is 0 Å². The number of likely N-dealkylation sites (tertiary alicyclic amines) is 1. The number of alkyl halides is 3. The number of amides is 1. The summed E-state index contributed by atoms with van der Waals surface area (Å²) in [4.78, 5) is 18.6. The highest BCUT2D eigenvalue weighted by Crippen LogP contribution is 2.39. The average molecular weight is 510 g/mol. The SMILES string of the molecule is O=C1C(N(c2cc(C(F)(F)F)ccc2Cl)S(=O)(=O)c2ccccc2)CCN1Cc1ccncc1. The number of halogens is 4. The lowest BCUT2D eigenvalue weighted by Gasteiger charge is -2.30. The number of pyridine rings is 1. The lowest BCUT2D eigenvalue weighted by atomic mass is 10.1. The number of aromatic nitrogens is 1. The van der Waals surface area contributed by atoms with Gasteiger partial charge in [-0.3, -0.25) is 14.1 Å². The van der Waals surface area contributed by atoms with E-state index >= 15 is 0 Å². The third-order valence-electron chi connectivity index (χ3n) is 5.49. The summed E-state index contributed by atoms with van der Waals surface area (Å²) in [6.07, 6.45) is -1.50. The van der Waals surface area contributed by atoms with Crippen LogP contribution in [0.3, 0.4) is 0 Å². The monoisotopic (exact) mass is 509 g/mol. The van der Waals surface area contributed by atoms with Gasteiger partial charge in [-0.2, -0.15) is 13.2 Å². The number of anilines is 1. The number of sulfonamides is 1. The molecule has 1 unspecified atom stereocenters. The molecule has 0 N–H and O–H groups in total. The summed E-state index contributed by atoms with van der Waals surface area (Å²) in [5.41, 5.74) is -0.678. The van der Waals surface area contributed by atoms with Gasteiger partial charge in [0.25, 0.3) is 10.0 Å². The molecule has 6 nitrogen and oxygen atoms in total. The van der Waals surface area contributed by atoms with Gasteiger partial charge in [-0.25, -0.2) is 8.42 Å². The van der Waals surface area contributed by atoms with Gasteiger partial charge in [0, 0.05) is 25.5 Å². The smallest absolute Gasteiger partial charge is 0.336 e. The third kappa shape index (κ3) is 4.74. The Morgan fingerprint density at radius 3 is 2.38 bits per heavy atom. The molecule has 1 fully saturated rings. The zero-order valence-electron chi connectivity index (χ0n) is 17.6. The largest absolute Gasteiger partial charge is 0.416 e. The molecule has 2 heterocycles. The van der Waals surface area contributed by atoms with Crippen molar-refractivity contribution in [2.75, 3.05) is 10.8 Å². The number of benzene rings is 2. The van der Waals surface area contributed by atoms with Crippen molar-refractivity contribution in [1.82, 2.24) is 9.88 Å². The predicted octanol–water partition coefficient (Wildman–Crippen LogP) is 4.75. The summed E-state index contributed by atoms with van der Waals surface area (Å²) in [5.74, 6) is -0.523. The van der Waals surface area contributed by atoms with Crippen LogP contribution in [0, 0.1) is 0 Å². The Kier molecular flexibility index (Phi) is 6.55. The van der Waals surface area contributed by atoms with Crippen LogP contribution in [0.15, 0.2) is 78.0 Å². The topological polar surface area (TPSA) is 70.6 Å². The van der Waals surface area contributed by atoms with Crippen LogP contribution in [0.1, 0.15) is 17.5 Å². The van der Waals surface area contributed by atoms with Gasteiger partial charge in [0.2, 0.25) is 5.91 Å². The molecule has 1 aliphatic rings. The summed E-state index contributed by atoms with van der Waals surface area (Å²) >= 11 is 6.22. The van der Waals surface area contributed by atoms with Crippen molar-refractivity contribution in [2.45, 2.75) is 30.1 Å². The lowest BCUT2D eigenvalue weighted by Crippen LogP contribution is -2.45. The summed E-state index contributed by atoms with van der Waals surface area (Å²) in [5, 5.41) is -0.215. The standard InChI is InChI=1S/C23H19ClF3N3O3S/c24-19-7-6-17(23(25,26)27)14-21(19)30(34(32,33)18-4-2-1-3-5-18)20-10-13-29(22(20)31)15-16-8-11-28-12-9-16/h1-9,11-12,14,20H,10,13,15H2. The fourth-order valence-corrected chi connectivity index (χ4v) is 5.76. The molecule has 0 aliphatic carbocycles. The Bertz CT molecular complexity index is 1290. The molecule has 3 aromatic rings. The van der Waals surface area contributed by atoms with E-state index in [1.54, 1.807) is 30.6 Å². The van der Waals surface area contributed by atoms with Gasteiger partial charge >= 0.3 is 6.18 Å². The minimum atomic E-state index is -4.73. The van der Waals surface area contributed by atoms with E-state index in [0.717, 1.165) is 22.0 Å². The predicted molar refractivity (Wildman–Crippen MR) is 121 cm³/mol. The maximum absolute atomic E-state index is 13.7. The van der Waals surface area contributed by atoms with Crippen molar-refractivity contribution in [2.24, 2.45) is 0 Å². The fourth-order valence-electron chi connectivity index (χ4n) is 3.83. The number of carbonyl (C=O) groups is 1. The Morgan fingerprint density at radius 1 is 1.06 bits per heavy atom. The van der Waals surface area contributed by atoms with Crippen LogP contribution in [0.5, 0.6) is 0 Å². The third-order valence-corrected chi connectivity index (χ3v) is 7.64. The van der Waals surface area contributed by atoms with Gasteiger partial charge in [0.1, 0.15) is 6.04 Å². The van der Waals surface area contributed by atoms with Gasteiger partial charge in [0.05, 0.1) is 21.2 Å². The molecule has 4 rings (SSSR count). The Balaban J connectivity index is 1.79. The van der Waals surface area contributed by atoms with Gasteiger partial charge < -0.3 is 4.90 Å². The molecule has 178 valence electrons. The number of rotatable bonds is 6. The zero-order valence-corrected chi connectivity index (χ0v) is 19.2. The zero-order chi connectivity index (χ0) is 24.5. The van der Waals surface area contributed by atoms with E-state index in [2.05, 4.69) is 4.98 Å². The second-order valence-corrected chi connectivity index (χ2v) is 9.92. The van der Waals surface area contributed by atoms with Crippen molar-refractivity contribution < 1.29 is 26.4 Å². The van der Waals surface area contributed by atoms with Gasteiger partial charge in [-0.05, 0) is 54.4 Å². The maximum Gasteiger partial charge on any atom is 0.416 e. The molecule has 1 amide bonds. The number of hydrogen-bond donors (Lipinski definition) is 0. The van der Waals surface area contributed by atoms with E-state index in [4.69, 9.17) is 11.6 Å². The van der Waals surface area contributed by atoms with Crippen molar-refractivity contribution in [3.63, 3.8) is 0 Å². The minimum Gasteiger partial charge on any atom is -0.336 e. The molecule has 0 saturated carbocycles. The van der Waals surface area contributed by atoms with Crippen LogP contribution >= 0.6 is 11.6 Å². The second-order valence-electron chi connectivity index (χ2n) is 7.70. The first-order valence-corrected chi connectivity index (χ1v) is 12.0. The van der Waals surface area contributed by atoms with Crippen LogP contribution in [-0.2, 0) is 27.5 Å². The highest BCUT2D eigenvalue weighted by Gasteiger charge is 2.43. The van der Waals surface area contributed by atoms with Crippen molar-refractivity contribution in [3.8, 4) is 0 Å². The lowest BCUT2D eigenvalue weighted by molar-refractivity contribution is -0.137. The maximum atomic E-state index is 13.7. The van der Waals surface area contributed by atoms with Gasteiger partial charge in [-0.15, -0.1) is 0 Å². The molecule has 1 aliphatic heterocycles. The summed E-state index contributed by atoms with van der Waals surface area (Å²) in [6, 6.07) is 11.8. The van der Waals surface area contributed by atoms with Crippen LogP contribution in [-0.4, -0.2) is 36.8 Å². The van der Waals surface area contributed by atoms with Crippen LogP contribution in [0.2, 0.25) is 5.02 Å². The average Bonchev–Trinajstić information content (AvgIpc) is 3.15. The van der Waals surface area contributed by atoms with E-state index < -0.39 is 39.4 Å². The van der Waals surface area contributed by atoms with Crippen LogP contribution in [0.25, 0.3) is 0 Å². The first kappa shape index (κ1) is 24.0. The molecule has 1 saturated heterocycles. The Labute approximate surface area is 199 Å². The van der Waals surface area contributed by atoms with E-state index in [9.17, 15) is 26.4 Å². The minimum absolute atomic E-state index is 0.0859. The molecule has 11 heteroatoms. The first-order chi connectivity index (χ1) is 16.1. The Morgan fingerprint density at radius 2 is 1.74 bits per heavy atom. The highest BCUT2D eigenvalue weighted by atomic mass is 35.5. The first-order valence-electron chi connectivity index (χ1n) is 10.2. The normalized spacial score (nSPS) is 16.6. The van der Waals surface area contributed by atoms with E-state index in [-0.39, 0.29) is 29.4 Å². The quantitative estimate of drug-likeness (QED) is 0.481. The summed E-state index contributed by atoms with van der Waals surface area (Å²) in [7, 11) is -4.43. The van der Waals surface area contributed by atoms with E-state index in [0.29, 0.717) is 6.07 Å². The molecule has 0 bridgehead atoms. The van der Waals surface area contributed by atoms with Crippen LogP contribution in [0.4, 0.5) is 18.9 Å². The summed E-state index contributed by atoms with van der Waals surface area (Å²) < 4.78 is 68.4. The molecule has 0 radical (unpaired) electrons. The van der Waals surface area contributed by atoms with Gasteiger partial charge in [-0.1, -0.05) is 29.8 Å². The number of nitrogens with zero attached hydrogens (tertiary/aromatic N) is 3. The molecule has 2 aromatic carbocycles. The Hall–Kier alpha value is -3.11. The molecular weight excluding hydrogens is 491 g/mol. The fraction of sp³-hybridized carbons (Fsp3) is 0.217. The van der Waals surface area contributed by atoms with E-state index in [1.165, 1.54) is 29.2 Å². The van der Waals surface area contributed by atoms with E-state index in [1.807, 2.05) is 0 Å². The molecule has 1 atom stereocenters. The molecule has 34 heavy (non-hydrogen) atoms. The second kappa shape index (κ2) is 9.27.